The van der Waals surface area contributed by atoms with Crippen LogP contribution in [0.5, 0.6) is 11.5 Å². The molecule has 2 aromatic heterocycles. The van der Waals surface area contributed by atoms with Gasteiger partial charge in [-0.3, -0.25) is 4.79 Å². The lowest BCUT2D eigenvalue weighted by Crippen LogP contribution is -2.44. The maximum atomic E-state index is 12.7. The standard InChI is InChI=1S/C19H19N3O3S2/c1-2-22(9-13-10-24-15-5-3-4-6-16(15)25-13)17(23)11-27-19-14-7-8-26-18(14)20-12-21-19/h3-8,12-13H,2,9-11H2,1H3. The van der Waals surface area contributed by atoms with Gasteiger partial charge in [-0.1, -0.05) is 23.9 Å². The molecule has 0 saturated heterocycles. The Morgan fingerprint density at radius 2 is 2.15 bits per heavy atom. The Morgan fingerprint density at radius 1 is 1.30 bits per heavy atom. The topological polar surface area (TPSA) is 64.6 Å². The Morgan fingerprint density at radius 3 is 3.00 bits per heavy atom. The molecular weight excluding hydrogens is 382 g/mol. The number of benzene rings is 1. The van der Waals surface area contributed by atoms with E-state index < -0.39 is 0 Å². The molecule has 0 aliphatic carbocycles. The Bertz CT molecular complexity index is 947. The van der Waals surface area contributed by atoms with Gasteiger partial charge in [0.15, 0.2) is 17.6 Å². The van der Waals surface area contributed by atoms with Crippen LogP contribution in [0, 0.1) is 0 Å². The first-order valence-electron chi connectivity index (χ1n) is 8.72. The van der Waals surface area contributed by atoms with Gasteiger partial charge in [0.2, 0.25) is 5.91 Å². The molecule has 3 aromatic rings. The minimum absolute atomic E-state index is 0.0620. The van der Waals surface area contributed by atoms with Gasteiger partial charge < -0.3 is 14.4 Å². The SMILES string of the molecule is CCN(CC1COc2ccccc2O1)C(=O)CSc1ncnc2sccc12. The molecule has 6 nitrogen and oxygen atoms in total. The van der Waals surface area contributed by atoms with Crippen molar-refractivity contribution in [2.45, 2.75) is 18.1 Å². The van der Waals surface area contributed by atoms with E-state index in [1.54, 1.807) is 22.6 Å². The smallest absolute Gasteiger partial charge is 0.233 e. The zero-order valence-corrected chi connectivity index (χ0v) is 16.5. The first-order valence-corrected chi connectivity index (χ1v) is 10.6. The molecular formula is C19H19N3O3S2. The third kappa shape index (κ3) is 4.01. The molecule has 0 radical (unpaired) electrons. The maximum absolute atomic E-state index is 12.7. The fraction of sp³-hybridized carbons (Fsp3) is 0.316. The van der Waals surface area contributed by atoms with Gasteiger partial charge in [-0.2, -0.15) is 0 Å². The van der Waals surface area contributed by atoms with Crippen molar-refractivity contribution in [3.8, 4) is 11.5 Å². The van der Waals surface area contributed by atoms with E-state index in [2.05, 4.69) is 9.97 Å². The second kappa shape index (κ2) is 8.14. The van der Waals surface area contributed by atoms with Gasteiger partial charge in [-0.25, -0.2) is 9.97 Å². The van der Waals surface area contributed by atoms with Crippen LogP contribution in [0.4, 0.5) is 0 Å². The van der Waals surface area contributed by atoms with E-state index in [1.165, 1.54) is 11.8 Å². The molecule has 8 heteroatoms. The summed E-state index contributed by atoms with van der Waals surface area (Å²) in [5.41, 5.74) is 0. The molecule has 0 fully saturated rings. The van der Waals surface area contributed by atoms with Crippen LogP contribution in [0.15, 0.2) is 47.1 Å². The predicted octanol–water partition coefficient (Wildman–Crippen LogP) is 3.47. The van der Waals surface area contributed by atoms with Crippen LogP contribution in [0.1, 0.15) is 6.92 Å². The molecule has 0 N–H and O–H groups in total. The van der Waals surface area contributed by atoms with Crippen LogP contribution >= 0.6 is 23.1 Å². The number of likely N-dealkylation sites (N-methyl/N-ethyl adjacent to an activating group) is 1. The van der Waals surface area contributed by atoms with E-state index in [4.69, 9.17) is 9.47 Å². The van der Waals surface area contributed by atoms with Gasteiger partial charge in [0.25, 0.3) is 0 Å². The summed E-state index contributed by atoms with van der Waals surface area (Å²) in [4.78, 5) is 24.0. The molecule has 1 atom stereocenters. The number of amides is 1. The average Bonchev–Trinajstić information content (AvgIpc) is 3.19. The summed E-state index contributed by atoms with van der Waals surface area (Å²) in [6, 6.07) is 9.60. The second-order valence-electron chi connectivity index (χ2n) is 6.04. The number of rotatable bonds is 6. The lowest BCUT2D eigenvalue weighted by Gasteiger charge is -2.30. The Balaban J connectivity index is 1.36. The lowest BCUT2D eigenvalue weighted by molar-refractivity contribution is -0.129. The summed E-state index contributed by atoms with van der Waals surface area (Å²) in [6.07, 6.45) is 1.38. The van der Waals surface area contributed by atoms with Gasteiger partial charge in [0.1, 0.15) is 22.8 Å². The monoisotopic (exact) mass is 401 g/mol. The highest BCUT2D eigenvalue weighted by molar-refractivity contribution is 8.00. The second-order valence-corrected chi connectivity index (χ2v) is 7.90. The summed E-state index contributed by atoms with van der Waals surface area (Å²) >= 11 is 3.02. The number of fused-ring (bicyclic) bond motifs is 2. The minimum atomic E-state index is -0.170. The number of carbonyl (C=O) groups excluding carboxylic acids is 1. The first kappa shape index (κ1) is 18.1. The van der Waals surface area contributed by atoms with Gasteiger partial charge in [-0.05, 0) is 30.5 Å². The van der Waals surface area contributed by atoms with Gasteiger partial charge in [-0.15, -0.1) is 11.3 Å². The molecule has 27 heavy (non-hydrogen) atoms. The third-order valence-corrected chi connectivity index (χ3v) is 6.09. The summed E-state index contributed by atoms with van der Waals surface area (Å²) < 4.78 is 11.7. The van der Waals surface area contributed by atoms with Crippen LogP contribution in [0.25, 0.3) is 10.2 Å². The van der Waals surface area contributed by atoms with E-state index >= 15 is 0 Å². The van der Waals surface area contributed by atoms with Crippen molar-refractivity contribution >= 4 is 39.2 Å². The average molecular weight is 402 g/mol. The van der Waals surface area contributed by atoms with Crippen molar-refractivity contribution in [1.82, 2.24) is 14.9 Å². The maximum Gasteiger partial charge on any atom is 0.233 e. The number of ether oxygens (including phenoxy) is 2. The Labute approximate surface area is 165 Å². The van der Waals surface area contributed by atoms with Crippen molar-refractivity contribution < 1.29 is 14.3 Å². The van der Waals surface area contributed by atoms with Gasteiger partial charge >= 0.3 is 0 Å². The highest BCUT2D eigenvalue weighted by Gasteiger charge is 2.25. The number of carbonyl (C=O) groups is 1. The number of para-hydroxylation sites is 2. The highest BCUT2D eigenvalue weighted by Crippen LogP contribution is 2.31. The van der Waals surface area contributed by atoms with E-state index in [9.17, 15) is 4.79 Å². The fourth-order valence-corrected chi connectivity index (χ4v) is 4.59. The number of hydrogen-bond donors (Lipinski definition) is 0. The zero-order valence-electron chi connectivity index (χ0n) is 14.8. The van der Waals surface area contributed by atoms with Crippen molar-refractivity contribution in [3.05, 3.63) is 42.0 Å². The fourth-order valence-electron chi connectivity index (χ4n) is 2.91. The van der Waals surface area contributed by atoms with Crippen LogP contribution in [-0.4, -0.2) is 52.3 Å². The van der Waals surface area contributed by atoms with Crippen LogP contribution in [-0.2, 0) is 4.79 Å². The Kier molecular flexibility index (Phi) is 5.45. The van der Waals surface area contributed by atoms with Crippen LogP contribution < -0.4 is 9.47 Å². The number of thioether (sulfide) groups is 1. The minimum Gasteiger partial charge on any atom is -0.486 e. The lowest BCUT2D eigenvalue weighted by atomic mass is 10.2. The predicted molar refractivity (Wildman–Crippen MR) is 107 cm³/mol. The molecule has 1 unspecified atom stereocenters. The molecule has 1 aliphatic rings. The number of hydrogen-bond acceptors (Lipinski definition) is 7. The first-order chi connectivity index (χ1) is 13.2. The van der Waals surface area contributed by atoms with E-state index in [1.807, 2.05) is 42.6 Å². The summed E-state index contributed by atoms with van der Waals surface area (Å²) in [5, 5.41) is 3.84. The quantitative estimate of drug-likeness (QED) is 0.465. The number of aromatic nitrogens is 2. The van der Waals surface area contributed by atoms with Crippen LogP contribution in [0.3, 0.4) is 0 Å². The largest absolute Gasteiger partial charge is 0.486 e. The van der Waals surface area contributed by atoms with E-state index in [-0.39, 0.29) is 12.0 Å². The summed E-state index contributed by atoms with van der Waals surface area (Å²) in [5.74, 6) is 1.88. The third-order valence-electron chi connectivity index (χ3n) is 4.28. The molecule has 4 rings (SSSR count). The summed E-state index contributed by atoms with van der Waals surface area (Å²) in [6.45, 7) is 3.54. The molecule has 0 bridgehead atoms. The zero-order chi connectivity index (χ0) is 18.6. The van der Waals surface area contributed by atoms with E-state index in [0.717, 1.165) is 26.7 Å². The summed E-state index contributed by atoms with van der Waals surface area (Å²) in [7, 11) is 0. The normalized spacial score (nSPS) is 15.7. The molecule has 0 spiro atoms. The number of nitrogens with zero attached hydrogens (tertiary/aromatic N) is 3. The molecule has 140 valence electrons. The van der Waals surface area contributed by atoms with Crippen molar-refractivity contribution in [2.24, 2.45) is 0 Å². The molecule has 1 amide bonds. The van der Waals surface area contributed by atoms with Crippen molar-refractivity contribution in [1.29, 1.82) is 0 Å². The molecule has 1 aliphatic heterocycles. The number of thiophene rings is 1. The van der Waals surface area contributed by atoms with Crippen molar-refractivity contribution in [3.63, 3.8) is 0 Å². The van der Waals surface area contributed by atoms with Crippen molar-refractivity contribution in [2.75, 3.05) is 25.4 Å². The molecule has 1 aromatic carbocycles. The molecule has 3 heterocycles. The Hall–Kier alpha value is -2.32. The molecule has 0 saturated carbocycles. The highest BCUT2D eigenvalue weighted by atomic mass is 32.2. The van der Waals surface area contributed by atoms with Gasteiger partial charge in [0, 0.05) is 11.9 Å². The van der Waals surface area contributed by atoms with Gasteiger partial charge in [0.05, 0.1) is 12.3 Å². The van der Waals surface area contributed by atoms with E-state index in [0.29, 0.717) is 25.4 Å². The van der Waals surface area contributed by atoms with Crippen LogP contribution in [0.2, 0.25) is 0 Å².